The number of benzene rings is 2. The topological polar surface area (TPSA) is 101 Å². The van der Waals surface area contributed by atoms with Gasteiger partial charge in [-0.1, -0.05) is 41.4 Å². The van der Waals surface area contributed by atoms with E-state index < -0.39 is 35.6 Å². The minimum atomic E-state index is -1.11. The molecular formula is C20H20Cl2FN3O3. The molecule has 0 radical (unpaired) electrons. The number of carbonyl (C=O) groups excluding carboxylic acids is 3. The number of primary amides is 1. The molecule has 2 aromatic carbocycles. The van der Waals surface area contributed by atoms with E-state index in [0.29, 0.717) is 21.2 Å². The van der Waals surface area contributed by atoms with Gasteiger partial charge in [0.1, 0.15) is 17.9 Å². The van der Waals surface area contributed by atoms with E-state index in [1.54, 1.807) is 24.3 Å². The van der Waals surface area contributed by atoms with Crippen LogP contribution in [0.3, 0.4) is 0 Å². The molecule has 0 aliphatic rings. The van der Waals surface area contributed by atoms with Gasteiger partial charge in [-0.15, -0.1) is 0 Å². The zero-order valence-corrected chi connectivity index (χ0v) is 17.1. The van der Waals surface area contributed by atoms with Gasteiger partial charge in [0, 0.05) is 29.8 Å². The molecule has 3 amide bonds. The molecule has 0 spiro atoms. The summed E-state index contributed by atoms with van der Waals surface area (Å²) in [4.78, 5) is 36.2. The molecular weight excluding hydrogens is 420 g/mol. The Morgan fingerprint density at radius 3 is 2.17 bits per heavy atom. The molecule has 4 N–H and O–H groups in total. The predicted octanol–water partition coefficient (Wildman–Crippen LogP) is 2.39. The maximum absolute atomic E-state index is 13.4. The smallest absolute Gasteiger partial charge is 0.243 e. The average molecular weight is 440 g/mol. The normalized spacial score (nSPS) is 12.7. The second kappa shape index (κ2) is 10.2. The fourth-order valence-electron chi connectivity index (χ4n) is 2.78. The fourth-order valence-corrected chi connectivity index (χ4v) is 3.33. The van der Waals surface area contributed by atoms with Crippen molar-refractivity contribution in [3.05, 3.63) is 69.5 Å². The number of hydrogen-bond acceptors (Lipinski definition) is 3. The van der Waals surface area contributed by atoms with E-state index in [2.05, 4.69) is 10.6 Å². The van der Waals surface area contributed by atoms with Crippen LogP contribution in [0.1, 0.15) is 18.1 Å². The highest BCUT2D eigenvalue weighted by molar-refractivity contribution is 6.36. The SMILES string of the molecule is CC(=O)N[C@@H](Cc1cccc(F)c1)C(=O)N[C@@H](Cc1c(Cl)cccc1Cl)C(N)=O. The van der Waals surface area contributed by atoms with E-state index in [-0.39, 0.29) is 12.8 Å². The largest absolute Gasteiger partial charge is 0.368 e. The first-order valence-corrected chi connectivity index (χ1v) is 9.47. The van der Waals surface area contributed by atoms with Crippen molar-refractivity contribution in [2.24, 2.45) is 5.73 Å². The lowest BCUT2D eigenvalue weighted by Gasteiger charge is -2.22. The van der Waals surface area contributed by atoms with Crippen molar-refractivity contribution in [2.75, 3.05) is 0 Å². The van der Waals surface area contributed by atoms with Gasteiger partial charge < -0.3 is 16.4 Å². The van der Waals surface area contributed by atoms with Gasteiger partial charge in [-0.3, -0.25) is 14.4 Å². The number of nitrogens with two attached hydrogens (primary N) is 1. The molecule has 0 fully saturated rings. The lowest BCUT2D eigenvalue weighted by molar-refractivity contribution is -0.130. The third-order valence-corrected chi connectivity index (χ3v) is 4.86. The number of amides is 3. The predicted molar refractivity (Wildman–Crippen MR) is 109 cm³/mol. The number of nitrogens with one attached hydrogen (secondary N) is 2. The summed E-state index contributed by atoms with van der Waals surface area (Å²) < 4.78 is 13.4. The number of halogens is 3. The Kier molecular flexibility index (Phi) is 7.99. The van der Waals surface area contributed by atoms with Crippen LogP contribution in [0.25, 0.3) is 0 Å². The van der Waals surface area contributed by atoms with Gasteiger partial charge in [0.25, 0.3) is 0 Å². The molecule has 0 unspecified atom stereocenters. The van der Waals surface area contributed by atoms with Crippen LogP contribution in [-0.4, -0.2) is 29.8 Å². The zero-order valence-electron chi connectivity index (χ0n) is 15.5. The van der Waals surface area contributed by atoms with Crippen LogP contribution in [0.15, 0.2) is 42.5 Å². The van der Waals surface area contributed by atoms with Crippen LogP contribution in [0, 0.1) is 5.82 Å². The summed E-state index contributed by atoms with van der Waals surface area (Å²) in [5, 5.41) is 5.68. The number of hydrogen-bond donors (Lipinski definition) is 3. The molecule has 2 rings (SSSR count). The standard InChI is InChI=1S/C20H20Cl2FN3O3/c1-11(27)25-18(9-12-4-2-5-13(23)8-12)20(29)26-17(19(24)28)10-14-15(21)6-3-7-16(14)22/h2-8,17-18H,9-10H2,1H3,(H2,24,28)(H,25,27)(H,26,29)/t17-,18-/m0/s1. The second-order valence-corrected chi connectivity index (χ2v) is 7.27. The van der Waals surface area contributed by atoms with E-state index in [9.17, 15) is 18.8 Å². The third-order valence-electron chi connectivity index (χ3n) is 4.15. The molecule has 0 aliphatic heterocycles. The van der Waals surface area contributed by atoms with E-state index >= 15 is 0 Å². The Morgan fingerprint density at radius 1 is 1.00 bits per heavy atom. The Labute approximate surface area is 177 Å². The molecule has 9 heteroatoms. The minimum Gasteiger partial charge on any atom is -0.368 e. The summed E-state index contributed by atoms with van der Waals surface area (Å²) in [5.41, 5.74) is 6.39. The van der Waals surface area contributed by atoms with Crippen molar-refractivity contribution in [3.8, 4) is 0 Å². The van der Waals surface area contributed by atoms with Crippen LogP contribution >= 0.6 is 23.2 Å². The molecule has 2 atom stereocenters. The summed E-state index contributed by atoms with van der Waals surface area (Å²) in [5.74, 6) is -2.35. The van der Waals surface area contributed by atoms with Crippen molar-refractivity contribution in [1.29, 1.82) is 0 Å². The molecule has 0 saturated carbocycles. The van der Waals surface area contributed by atoms with Crippen LogP contribution in [0.5, 0.6) is 0 Å². The highest BCUT2D eigenvalue weighted by atomic mass is 35.5. The van der Waals surface area contributed by atoms with Crippen molar-refractivity contribution in [2.45, 2.75) is 31.8 Å². The number of rotatable bonds is 8. The van der Waals surface area contributed by atoms with E-state index in [4.69, 9.17) is 28.9 Å². The molecule has 2 aromatic rings. The summed E-state index contributed by atoms with van der Waals surface area (Å²) in [7, 11) is 0. The Morgan fingerprint density at radius 2 is 1.62 bits per heavy atom. The summed E-state index contributed by atoms with van der Waals surface area (Å²) >= 11 is 12.3. The molecule has 0 aromatic heterocycles. The molecule has 0 bridgehead atoms. The quantitative estimate of drug-likeness (QED) is 0.588. The zero-order chi connectivity index (χ0) is 21.6. The lowest BCUT2D eigenvalue weighted by atomic mass is 10.0. The van der Waals surface area contributed by atoms with Gasteiger partial charge in [-0.2, -0.15) is 0 Å². The van der Waals surface area contributed by atoms with Gasteiger partial charge in [0.2, 0.25) is 17.7 Å². The van der Waals surface area contributed by atoms with Gasteiger partial charge >= 0.3 is 0 Å². The Balaban J connectivity index is 2.19. The second-order valence-electron chi connectivity index (χ2n) is 6.46. The molecule has 0 heterocycles. The third kappa shape index (κ3) is 6.73. The summed E-state index contributed by atoms with van der Waals surface area (Å²) in [6, 6.07) is 8.38. The van der Waals surface area contributed by atoms with Crippen LogP contribution < -0.4 is 16.4 Å². The maximum atomic E-state index is 13.4. The molecule has 29 heavy (non-hydrogen) atoms. The van der Waals surface area contributed by atoms with Crippen LogP contribution in [0.2, 0.25) is 10.0 Å². The van der Waals surface area contributed by atoms with Crippen LogP contribution in [0.4, 0.5) is 4.39 Å². The van der Waals surface area contributed by atoms with Gasteiger partial charge in [-0.25, -0.2) is 4.39 Å². The Bertz CT molecular complexity index is 903. The first kappa shape index (κ1) is 22.6. The molecule has 0 saturated heterocycles. The van der Waals surface area contributed by atoms with Crippen molar-refractivity contribution in [3.63, 3.8) is 0 Å². The van der Waals surface area contributed by atoms with Crippen molar-refractivity contribution < 1.29 is 18.8 Å². The van der Waals surface area contributed by atoms with Gasteiger partial charge in [0.15, 0.2) is 0 Å². The average Bonchev–Trinajstić information content (AvgIpc) is 2.62. The first-order chi connectivity index (χ1) is 13.7. The summed E-state index contributed by atoms with van der Waals surface area (Å²) in [6.07, 6.45) is 0.00778. The monoisotopic (exact) mass is 439 g/mol. The van der Waals surface area contributed by atoms with E-state index in [1.807, 2.05) is 0 Å². The Hall–Kier alpha value is -2.64. The van der Waals surface area contributed by atoms with E-state index in [1.165, 1.54) is 25.1 Å². The molecule has 6 nitrogen and oxygen atoms in total. The highest BCUT2D eigenvalue weighted by Crippen LogP contribution is 2.25. The summed E-state index contributed by atoms with van der Waals surface area (Å²) in [6.45, 7) is 1.25. The fraction of sp³-hybridized carbons (Fsp3) is 0.250. The minimum absolute atomic E-state index is 0.0215. The first-order valence-electron chi connectivity index (χ1n) is 8.71. The van der Waals surface area contributed by atoms with Gasteiger partial charge in [-0.05, 0) is 35.4 Å². The van der Waals surface area contributed by atoms with Crippen molar-refractivity contribution in [1.82, 2.24) is 10.6 Å². The number of carbonyl (C=O) groups is 3. The molecule has 154 valence electrons. The van der Waals surface area contributed by atoms with Crippen molar-refractivity contribution >= 4 is 40.9 Å². The van der Waals surface area contributed by atoms with Gasteiger partial charge in [0.05, 0.1) is 0 Å². The van der Waals surface area contributed by atoms with Crippen LogP contribution in [-0.2, 0) is 27.2 Å². The molecule has 0 aliphatic carbocycles. The lowest BCUT2D eigenvalue weighted by Crippen LogP contribution is -2.54. The maximum Gasteiger partial charge on any atom is 0.243 e. The van der Waals surface area contributed by atoms with E-state index in [0.717, 1.165) is 0 Å². The highest BCUT2D eigenvalue weighted by Gasteiger charge is 2.26.